The Bertz CT molecular complexity index is 845. The van der Waals surface area contributed by atoms with E-state index in [1.165, 1.54) is 9.75 Å². The summed E-state index contributed by atoms with van der Waals surface area (Å²) in [5.74, 6) is 0. The number of nitrogens with zero attached hydrogens (tertiary/aromatic N) is 2. The first-order chi connectivity index (χ1) is 11.7. The highest BCUT2D eigenvalue weighted by atomic mass is 32.1. The molecule has 1 aliphatic heterocycles. The summed E-state index contributed by atoms with van der Waals surface area (Å²) in [6, 6.07) is 20.8. The standard InChI is InChI=1S/C19H17N3S2/c1-13-10-11-16(24-13)18-17(15-9-5-6-12-20-15)21-19(23)22(18)14-7-3-2-4-8-14/h2-12,17-18H,1H3,(H,21,23). The molecule has 3 aromatic rings. The molecule has 0 radical (unpaired) electrons. The molecular weight excluding hydrogens is 334 g/mol. The van der Waals surface area contributed by atoms with E-state index in [1.807, 2.05) is 47.9 Å². The average Bonchev–Trinajstić information content (AvgIpc) is 3.19. The summed E-state index contributed by atoms with van der Waals surface area (Å²) < 4.78 is 0. The van der Waals surface area contributed by atoms with E-state index in [0.717, 1.165) is 16.5 Å². The molecule has 1 aliphatic rings. The Balaban J connectivity index is 1.82. The lowest BCUT2D eigenvalue weighted by Crippen LogP contribution is -2.28. The van der Waals surface area contributed by atoms with Crippen LogP contribution in [0.1, 0.15) is 27.5 Å². The Kier molecular flexibility index (Phi) is 4.04. The molecule has 2 aromatic heterocycles. The quantitative estimate of drug-likeness (QED) is 0.697. The third kappa shape index (κ3) is 2.70. The lowest BCUT2D eigenvalue weighted by Gasteiger charge is -2.26. The van der Waals surface area contributed by atoms with Gasteiger partial charge in [0.15, 0.2) is 5.11 Å². The fourth-order valence-corrected chi connectivity index (χ4v) is 4.47. The summed E-state index contributed by atoms with van der Waals surface area (Å²) in [6.07, 6.45) is 1.84. The van der Waals surface area contributed by atoms with Gasteiger partial charge >= 0.3 is 0 Å². The SMILES string of the molecule is Cc1ccc(C2C(c3ccccn3)NC(=S)N2c2ccccc2)s1. The minimum absolute atomic E-state index is 0.0388. The first-order valence-corrected chi connectivity index (χ1v) is 9.08. The Labute approximate surface area is 151 Å². The lowest BCUT2D eigenvalue weighted by atomic mass is 10.0. The van der Waals surface area contributed by atoms with Crippen LogP contribution in [0.4, 0.5) is 5.69 Å². The molecule has 0 aliphatic carbocycles. The van der Waals surface area contributed by atoms with Crippen LogP contribution in [0.5, 0.6) is 0 Å². The zero-order chi connectivity index (χ0) is 16.5. The summed E-state index contributed by atoms with van der Waals surface area (Å²) in [5, 5.41) is 4.22. The fraction of sp³-hybridized carbons (Fsp3) is 0.158. The molecule has 2 atom stereocenters. The van der Waals surface area contributed by atoms with Crippen molar-refractivity contribution in [1.82, 2.24) is 10.3 Å². The van der Waals surface area contributed by atoms with Gasteiger partial charge in [-0.05, 0) is 55.5 Å². The first-order valence-electron chi connectivity index (χ1n) is 7.86. The van der Waals surface area contributed by atoms with Crippen LogP contribution in [0.25, 0.3) is 0 Å². The molecule has 5 heteroatoms. The highest BCUT2D eigenvalue weighted by molar-refractivity contribution is 7.80. The van der Waals surface area contributed by atoms with Crippen LogP contribution < -0.4 is 10.2 Å². The van der Waals surface area contributed by atoms with Crippen molar-refractivity contribution in [2.24, 2.45) is 0 Å². The molecule has 0 amide bonds. The number of pyridine rings is 1. The van der Waals surface area contributed by atoms with Gasteiger partial charge in [0.25, 0.3) is 0 Å². The van der Waals surface area contributed by atoms with Gasteiger partial charge in [-0.25, -0.2) is 0 Å². The van der Waals surface area contributed by atoms with Crippen LogP contribution >= 0.6 is 23.6 Å². The minimum Gasteiger partial charge on any atom is -0.351 e. The largest absolute Gasteiger partial charge is 0.351 e. The Morgan fingerprint density at radius 2 is 1.83 bits per heavy atom. The van der Waals surface area contributed by atoms with Gasteiger partial charge in [-0.1, -0.05) is 24.3 Å². The summed E-state index contributed by atoms with van der Waals surface area (Å²) in [7, 11) is 0. The molecule has 0 spiro atoms. The number of para-hydroxylation sites is 1. The number of hydrogen-bond donors (Lipinski definition) is 1. The number of thiophene rings is 1. The Hall–Kier alpha value is -2.24. The zero-order valence-corrected chi connectivity index (χ0v) is 14.8. The maximum absolute atomic E-state index is 5.68. The molecule has 24 heavy (non-hydrogen) atoms. The second-order valence-electron chi connectivity index (χ2n) is 5.78. The molecule has 0 bridgehead atoms. The van der Waals surface area contributed by atoms with Gasteiger partial charge < -0.3 is 10.2 Å². The Morgan fingerprint density at radius 1 is 1.04 bits per heavy atom. The third-order valence-corrected chi connectivity index (χ3v) is 5.57. The topological polar surface area (TPSA) is 28.2 Å². The van der Waals surface area contributed by atoms with Crippen LogP contribution in [-0.4, -0.2) is 10.1 Å². The number of anilines is 1. The zero-order valence-electron chi connectivity index (χ0n) is 13.2. The molecule has 3 nitrogen and oxygen atoms in total. The lowest BCUT2D eigenvalue weighted by molar-refractivity contribution is 0.575. The van der Waals surface area contributed by atoms with Crippen molar-refractivity contribution in [3.8, 4) is 0 Å². The van der Waals surface area contributed by atoms with Gasteiger partial charge in [-0.3, -0.25) is 4.98 Å². The van der Waals surface area contributed by atoms with Crippen molar-refractivity contribution in [2.45, 2.75) is 19.0 Å². The minimum atomic E-state index is 0.0388. The Morgan fingerprint density at radius 3 is 2.50 bits per heavy atom. The van der Waals surface area contributed by atoms with E-state index in [2.05, 4.69) is 52.5 Å². The van der Waals surface area contributed by atoms with Crippen LogP contribution in [0.3, 0.4) is 0 Å². The van der Waals surface area contributed by atoms with E-state index in [4.69, 9.17) is 12.2 Å². The number of rotatable bonds is 3. The summed E-state index contributed by atoms with van der Waals surface area (Å²) in [6.45, 7) is 2.14. The van der Waals surface area contributed by atoms with Crippen LogP contribution in [-0.2, 0) is 0 Å². The molecule has 1 saturated heterocycles. The number of nitrogens with one attached hydrogen (secondary N) is 1. The van der Waals surface area contributed by atoms with Crippen molar-refractivity contribution in [1.29, 1.82) is 0 Å². The maximum atomic E-state index is 5.68. The monoisotopic (exact) mass is 351 g/mol. The molecule has 3 heterocycles. The summed E-state index contributed by atoms with van der Waals surface area (Å²) in [4.78, 5) is 9.36. The predicted octanol–water partition coefficient (Wildman–Crippen LogP) is 4.63. The van der Waals surface area contributed by atoms with E-state index in [0.29, 0.717) is 0 Å². The van der Waals surface area contributed by atoms with Crippen molar-refractivity contribution >= 4 is 34.4 Å². The van der Waals surface area contributed by atoms with Crippen molar-refractivity contribution in [3.05, 3.63) is 82.3 Å². The van der Waals surface area contributed by atoms with Gasteiger partial charge in [0, 0.05) is 21.6 Å². The molecular formula is C19H17N3S2. The second kappa shape index (κ2) is 6.34. The molecule has 1 fully saturated rings. The molecule has 1 N–H and O–H groups in total. The van der Waals surface area contributed by atoms with E-state index >= 15 is 0 Å². The van der Waals surface area contributed by atoms with E-state index in [9.17, 15) is 0 Å². The fourth-order valence-electron chi connectivity index (χ4n) is 3.12. The van der Waals surface area contributed by atoms with Crippen LogP contribution in [0, 0.1) is 6.92 Å². The van der Waals surface area contributed by atoms with Gasteiger partial charge in [0.1, 0.15) is 0 Å². The smallest absolute Gasteiger partial charge is 0.174 e. The number of aromatic nitrogens is 1. The van der Waals surface area contributed by atoms with Crippen molar-refractivity contribution < 1.29 is 0 Å². The van der Waals surface area contributed by atoms with Gasteiger partial charge in [0.2, 0.25) is 0 Å². The van der Waals surface area contributed by atoms with E-state index < -0.39 is 0 Å². The number of aryl methyl sites for hydroxylation is 1. The summed E-state index contributed by atoms with van der Waals surface area (Å²) >= 11 is 7.49. The van der Waals surface area contributed by atoms with Crippen molar-refractivity contribution in [3.63, 3.8) is 0 Å². The molecule has 2 unspecified atom stereocenters. The third-order valence-electron chi connectivity index (χ3n) is 4.19. The molecule has 120 valence electrons. The van der Waals surface area contributed by atoms with Gasteiger partial charge in [-0.2, -0.15) is 0 Å². The summed E-state index contributed by atoms with van der Waals surface area (Å²) in [5.41, 5.74) is 2.11. The van der Waals surface area contributed by atoms with Crippen LogP contribution in [0.2, 0.25) is 0 Å². The molecule has 0 saturated carbocycles. The first kappa shape index (κ1) is 15.3. The van der Waals surface area contributed by atoms with E-state index in [1.54, 1.807) is 0 Å². The second-order valence-corrected chi connectivity index (χ2v) is 7.49. The highest BCUT2D eigenvalue weighted by Crippen LogP contribution is 2.43. The van der Waals surface area contributed by atoms with Gasteiger partial charge in [-0.15, -0.1) is 11.3 Å². The van der Waals surface area contributed by atoms with Crippen LogP contribution in [0.15, 0.2) is 66.9 Å². The van der Waals surface area contributed by atoms with Crippen molar-refractivity contribution in [2.75, 3.05) is 4.90 Å². The molecule has 4 rings (SSSR count). The van der Waals surface area contributed by atoms with E-state index in [-0.39, 0.29) is 12.1 Å². The highest BCUT2D eigenvalue weighted by Gasteiger charge is 2.41. The average molecular weight is 352 g/mol. The normalized spacial score (nSPS) is 20.2. The maximum Gasteiger partial charge on any atom is 0.174 e. The molecule has 1 aromatic carbocycles. The predicted molar refractivity (Wildman–Crippen MR) is 103 cm³/mol. The number of thiocarbonyl (C=S) groups is 1. The number of benzene rings is 1. The van der Waals surface area contributed by atoms with Gasteiger partial charge in [0.05, 0.1) is 17.8 Å². The number of hydrogen-bond acceptors (Lipinski definition) is 3.